The minimum atomic E-state index is -0.105. The molecule has 8 nitrogen and oxygen atoms in total. The van der Waals surface area contributed by atoms with Crippen molar-refractivity contribution in [3.63, 3.8) is 0 Å². The van der Waals surface area contributed by atoms with Crippen LogP contribution in [0.1, 0.15) is 28.7 Å². The fraction of sp³-hybridized carbons (Fsp3) is 0.364. The number of nitrogens with one attached hydrogen (secondary N) is 1. The third-order valence-corrected chi connectivity index (χ3v) is 5.59. The number of rotatable bonds is 5. The molecule has 1 fully saturated rings. The first kappa shape index (κ1) is 21.1. The molecule has 31 heavy (non-hydrogen) atoms. The Kier molecular flexibility index (Phi) is 6.08. The number of carbonyl (C=O) groups is 1. The Hall–Kier alpha value is -3.13. The van der Waals surface area contributed by atoms with Crippen LogP contribution in [-0.4, -0.2) is 58.7 Å². The molecule has 3 heterocycles. The lowest BCUT2D eigenvalue weighted by molar-refractivity contribution is 0.0745. The Balaban J connectivity index is 1.51. The molecule has 1 aromatic carbocycles. The molecule has 9 heteroatoms. The second kappa shape index (κ2) is 8.93. The van der Waals surface area contributed by atoms with Crippen LogP contribution in [0.25, 0.3) is 11.3 Å². The molecule has 0 unspecified atom stereocenters. The highest BCUT2D eigenvalue weighted by Crippen LogP contribution is 2.32. The lowest BCUT2D eigenvalue weighted by Gasteiger charge is -2.35. The number of anilines is 2. The predicted molar refractivity (Wildman–Crippen MR) is 121 cm³/mol. The Bertz CT molecular complexity index is 1090. The molecule has 1 aliphatic heterocycles. The lowest BCUT2D eigenvalue weighted by Crippen LogP contribution is -2.49. The third kappa shape index (κ3) is 4.34. The summed E-state index contributed by atoms with van der Waals surface area (Å²) in [5.74, 6) is 1.88. The van der Waals surface area contributed by atoms with Crippen LogP contribution in [0.4, 0.5) is 11.8 Å². The normalized spacial score (nSPS) is 14.1. The maximum atomic E-state index is 13.3. The van der Waals surface area contributed by atoms with Crippen LogP contribution in [-0.2, 0) is 0 Å². The van der Waals surface area contributed by atoms with Crippen LogP contribution < -0.4 is 10.2 Å². The molecule has 1 saturated heterocycles. The Labute approximate surface area is 186 Å². The van der Waals surface area contributed by atoms with E-state index in [2.05, 4.69) is 25.3 Å². The van der Waals surface area contributed by atoms with Crippen molar-refractivity contribution in [2.24, 2.45) is 0 Å². The molecule has 3 aromatic rings. The molecule has 0 saturated carbocycles. The van der Waals surface area contributed by atoms with Gasteiger partial charge >= 0.3 is 0 Å². The lowest BCUT2D eigenvalue weighted by atomic mass is 10.0. The molecule has 0 aliphatic carbocycles. The van der Waals surface area contributed by atoms with E-state index in [0.29, 0.717) is 59.7 Å². The predicted octanol–water partition coefficient (Wildman–Crippen LogP) is 3.80. The average Bonchev–Trinajstić information content (AvgIpc) is 3.14. The Morgan fingerprint density at radius 1 is 1.16 bits per heavy atom. The van der Waals surface area contributed by atoms with Crippen LogP contribution in [0.5, 0.6) is 0 Å². The van der Waals surface area contributed by atoms with Crippen molar-refractivity contribution in [2.45, 2.75) is 20.8 Å². The SMILES string of the molecule is CCNc1cc(C)nc(N2CCN(C(=O)c3c(-c4ccccc4Cl)noc3C)CC2)n1. The van der Waals surface area contributed by atoms with Crippen molar-refractivity contribution in [3.8, 4) is 11.3 Å². The zero-order valence-electron chi connectivity index (χ0n) is 17.9. The smallest absolute Gasteiger partial charge is 0.259 e. The van der Waals surface area contributed by atoms with Crippen LogP contribution in [0.2, 0.25) is 5.02 Å². The highest BCUT2D eigenvalue weighted by Gasteiger charge is 2.30. The standard InChI is InChI=1S/C22H25ClN6O2/c1-4-24-18-13-14(2)25-22(26-18)29-11-9-28(10-12-29)21(30)19-15(3)31-27-20(19)16-7-5-6-8-17(16)23/h5-8,13H,4,9-12H2,1-3H3,(H,24,25,26). The van der Waals surface area contributed by atoms with Gasteiger partial charge in [0.1, 0.15) is 22.8 Å². The summed E-state index contributed by atoms with van der Waals surface area (Å²) in [6, 6.07) is 9.25. The van der Waals surface area contributed by atoms with Crippen LogP contribution in [0.3, 0.4) is 0 Å². The van der Waals surface area contributed by atoms with Gasteiger partial charge in [0.15, 0.2) is 0 Å². The largest absolute Gasteiger partial charge is 0.370 e. The second-order valence-electron chi connectivity index (χ2n) is 7.45. The highest BCUT2D eigenvalue weighted by molar-refractivity contribution is 6.33. The topological polar surface area (TPSA) is 87.4 Å². The number of aryl methyl sites for hydroxylation is 2. The number of nitrogens with zero attached hydrogens (tertiary/aromatic N) is 5. The molecular weight excluding hydrogens is 416 g/mol. The van der Waals surface area contributed by atoms with Crippen molar-refractivity contribution >= 4 is 29.3 Å². The molecule has 0 spiro atoms. The number of carbonyl (C=O) groups excluding carboxylic acids is 1. The first-order valence-corrected chi connectivity index (χ1v) is 10.7. The fourth-order valence-corrected chi connectivity index (χ4v) is 3.92. The van der Waals surface area contributed by atoms with Gasteiger partial charge in [0.2, 0.25) is 5.95 Å². The van der Waals surface area contributed by atoms with E-state index in [0.717, 1.165) is 18.1 Å². The van der Waals surface area contributed by atoms with Gasteiger partial charge in [0.25, 0.3) is 5.91 Å². The van der Waals surface area contributed by atoms with E-state index in [4.69, 9.17) is 16.1 Å². The summed E-state index contributed by atoms with van der Waals surface area (Å²) in [4.78, 5) is 26.4. The summed E-state index contributed by atoms with van der Waals surface area (Å²) in [7, 11) is 0. The number of benzene rings is 1. The van der Waals surface area contributed by atoms with Crippen molar-refractivity contribution in [1.82, 2.24) is 20.0 Å². The Morgan fingerprint density at radius 2 is 1.90 bits per heavy atom. The fourth-order valence-electron chi connectivity index (χ4n) is 3.69. The second-order valence-corrected chi connectivity index (χ2v) is 7.85. The summed E-state index contributed by atoms with van der Waals surface area (Å²) in [5.41, 5.74) is 2.53. The first-order chi connectivity index (χ1) is 15.0. The van der Waals surface area contributed by atoms with Crippen LogP contribution in [0, 0.1) is 13.8 Å². The average molecular weight is 441 g/mol. The van der Waals surface area contributed by atoms with Gasteiger partial charge in [-0.05, 0) is 26.8 Å². The quantitative estimate of drug-likeness (QED) is 0.645. The van der Waals surface area contributed by atoms with Crippen molar-refractivity contribution < 1.29 is 9.32 Å². The maximum Gasteiger partial charge on any atom is 0.259 e. The van der Waals surface area contributed by atoms with Gasteiger partial charge < -0.3 is 19.6 Å². The zero-order valence-corrected chi connectivity index (χ0v) is 18.6. The zero-order chi connectivity index (χ0) is 22.0. The van der Waals surface area contributed by atoms with Crippen molar-refractivity contribution in [3.05, 3.63) is 52.4 Å². The molecular formula is C22H25ClN6O2. The van der Waals surface area contributed by atoms with Gasteiger partial charge in [-0.15, -0.1) is 0 Å². The van der Waals surface area contributed by atoms with E-state index < -0.39 is 0 Å². The van der Waals surface area contributed by atoms with E-state index in [1.807, 2.05) is 43.0 Å². The number of hydrogen-bond acceptors (Lipinski definition) is 7. The Morgan fingerprint density at radius 3 is 2.61 bits per heavy atom. The maximum absolute atomic E-state index is 13.3. The van der Waals surface area contributed by atoms with Crippen molar-refractivity contribution in [2.75, 3.05) is 42.9 Å². The van der Waals surface area contributed by atoms with Crippen molar-refractivity contribution in [1.29, 1.82) is 0 Å². The minimum Gasteiger partial charge on any atom is -0.370 e. The molecule has 4 rings (SSSR count). The number of piperazine rings is 1. The summed E-state index contributed by atoms with van der Waals surface area (Å²) in [6.07, 6.45) is 0. The van der Waals surface area contributed by atoms with E-state index in [1.165, 1.54) is 0 Å². The first-order valence-electron chi connectivity index (χ1n) is 10.3. The molecule has 1 N–H and O–H groups in total. The number of hydrogen-bond donors (Lipinski definition) is 1. The van der Waals surface area contributed by atoms with Crippen LogP contribution in [0.15, 0.2) is 34.9 Å². The highest BCUT2D eigenvalue weighted by atomic mass is 35.5. The van der Waals surface area contributed by atoms with Gasteiger partial charge in [-0.3, -0.25) is 4.79 Å². The van der Waals surface area contributed by atoms with E-state index >= 15 is 0 Å². The number of aromatic nitrogens is 3. The monoisotopic (exact) mass is 440 g/mol. The molecule has 2 aromatic heterocycles. The molecule has 0 atom stereocenters. The molecule has 1 amide bonds. The van der Waals surface area contributed by atoms with Gasteiger partial charge in [-0.25, -0.2) is 4.98 Å². The summed E-state index contributed by atoms with van der Waals surface area (Å²) in [6.45, 7) is 8.93. The third-order valence-electron chi connectivity index (χ3n) is 5.26. The van der Waals surface area contributed by atoms with E-state index in [9.17, 15) is 4.79 Å². The summed E-state index contributed by atoms with van der Waals surface area (Å²) in [5, 5.41) is 7.88. The minimum absolute atomic E-state index is 0.105. The van der Waals surface area contributed by atoms with Gasteiger partial charge in [0, 0.05) is 50.0 Å². The van der Waals surface area contributed by atoms with Gasteiger partial charge in [-0.1, -0.05) is 35.0 Å². The number of halogens is 1. The molecule has 1 aliphatic rings. The summed E-state index contributed by atoms with van der Waals surface area (Å²) >= 11 is 6.33. The van der Waals surface area contributed by atoms with E-state index in [1.54, 1.807) is 13.0 Å². The number of amides is 1. The summed E-state index contributed by atoms with van der Waals surface area (Å²) < 4.78 is 5.36. The van der Waals surface area contributed by atoms with Crippen LogP contribution >= 0.6 is 11.6 Å². The molecule has 162 valence electrons. The molecule has 0 bridgehead atoms. The molecule has 0 radical (unpaired) electrons. The van der Waals surface area contributed by atoms with E-state index in [-0.39, 0.29) is 5.91 Å². The van der Waals surface area contributed by atoms with Gasteiger partial charge in [0.05, 0.1) is 5.02 Å². The van der Waals surface area contributed by atoms with Gasteiger partial charge in [-0.2, -0.15) is 4.98 Å².